The van der Waals surface area contributed by atoms with E-state index in [1.165, 1.54) is 7.05 Å². The first kappa shape index (κ1) is 15.5. The Morgan fingerprint density at radius 3 is 2.32 bits per heavy atom. The molecule has 0 aliphatic carbocycles. The van der Waals surface area contributed by atoms with Gasteiger partial charge in [0.1, 0.15) is 0 Å². The number of nitrogens with two attached hydrogens (primary N) is 1. The molecule has 1 amide bonds. The predicted molar refractivity (Wildman–Crippen MR) is 66.3 cm³/mol. The minimum atomic E-state index is -4.77. The van der Waals surface area contributed by atoms with E-state index in [4.69, 9.17) is 5.73 Å². The number of rotatable bonds is 3. The number of benzene rings is 1. The summed E-state index contributed by atoms with van der Waals surface area (Å²) in [5, 5.41) is 0. The molecule has 0 spiro atoms. The van der Waals surface area contributed by atoms with Gasteiger partial charge in [-0.2, -0.15) is 13.2 Å². The number of alkyl halides is 3. The van der Waals surface area contributed by atoms with Crippen LogP contribution in [0.1, 0.15) is 18.1 Å². The highest BCUT2D eigenvalue weighted by Gasteiger charge is 2.54. The van der Waals surface area contributed by atoms with Crippen LogP contribution in [0.3, 0.4) is 0 Å². The van der Waals surface area contributed by atoms with Crippen LogP contribution in [-0.2, 0) is 11.3 Å². The van der Waals surface area contributed by atoms with E-state index in [-0.39, 0.29) is 6.54 Å². The maximum atomic E-state index is 12.7. The number of halogens is 3. The Hall–Kier alpha value is -1.56. The lowest BCUT2D eigenvalue weighted by atomic mass is 10.0. The van der Waals surface area contributed by atoms with Crippen molar-refractivity contribution in [1.29, 1.82) is 0 Å². The molecule has 2 N–H and O–H groups in total. The zero-order valence-corrected chi connectivity index (χ0v) is 11.1. The van der Waals surface area contributed by atoms with Crippen molar-refractivity contribution < 1.29 is 18.0 Å². The second kappa shape index (κ2) is 5.21. The van der Waals surface area contributed by atoms with Crippen molar-refractivity contribution in [2.24, 2.45) is 5.73 Å². The predicted octanol–water partition coefficient (Wildman–Crippen LogP) is 2.23. The minimum absolute atomic E-state index is 0.0916. The second-order valence-corrected chi connectivity index (χ2v) is 4.79. The lowest BCUT2D eigenvalue weighted by Gasteiger charge is -2.31. The third kappa shape index (κ3) is 3.26. The highest BCUT2D eigenvalue weighted by Crippen LogP contribution is 2.29. The monoisotopic (exact) mass is 274 g/mol. The first-order valence-electron chi connectivity index (χ1n) is 5.73. The summed E-state index contributed by atoms with van der Waals surface area (Å²) in [5.74, 6) is -1.15. The maximum absolute atomic E-state index is 12.7. The lowest BCUT2D eigenvalue weighted by molar-refractivity contribution is -0.193. The molecule has 0 saturated heterocycles. The maximum Gasteiger partial charge on any atom is 0.415 e. The first-order valence-corrected chi connectivity index (χ1v) is 5.73. The Morgan fingerprint density at radius 2 is 1.84 bits per heavy atom. The summed E-state index contributed by atoms with van der Waals surface area (Å²) in [5.41, 5.74) is 3.94. The summed E-state index contributed by atoms with van der Waals surface area (Å²) in [6.45, 7) is 2.61. The van der Waals surface area contributed by atoms with Gasteiger partial charge in [0.2, 0.25) is 0 Å². The van der Waals surface area contributed by atoms with Gasteiger partial charge in [-0.15, -0.1) is 0 Å². The van der Waals surface area contributed by atoms with Crippen LogP contribution in [0, 0.1) is 6.92 Å². The van der Waals surface area contributed by atoms with Crippen LogP contribution in [0.15, 0.2) is 24.3 Å². The van der Waals surface area contributed by atoms with Crippen LogP contribution in [-0.4, -0.2) is 29.6 Å². The first-order chi connectivity index (χ1) is 8.57. The molecule has 6 heteroatoms. The van der Waals surface area contributed by atoms with Gasteiger partial charge in [0.15, 0.2) is 5.54 Å². The van der Waals surface area contributed by atoms with E-state index in [1.807, 2.05) is 19.1 Å². The lowest BCUT2D eigenvalue weighted by Crippen LogP contribution is -2.61. The molecule has 0 saturated carbocycles. The quantitative estimate of drug-likeness (QED) is 0.918. The number of hydrogen-bond acceptors (Lipinski definition) is 2. The van der Waals surface area contributed by atoms with E-state index in [9.17, 15) is 18.0 Å². The number of nitrogens with zero attached hydrogens (tertiary/aromatic N) is 1. The van der Waals surface area contributed by atoms with Crippen LogP contribution >= 0.6 is 0 Å². The fraction of sp³-hybridized carbons (Fsp3) is 0.462. The van der Waals surface area contributed by atoms with Crippen LogP contribution in [0.2, 0.25) is 0 Å². The third-order valence-electron chi connectivity index (χ3n) is 3.05. The number of amides is 1. The Labute approximate surface area is 110 Å². The summed E-state index contributed by atoms with van der Waals surface area (Å²) < 4.78 is 38.1. The minimum Gasteiger partial charge on any atom is -0.340 e. The van der Waals surface area contributed by atoms with Gasteiger partial charge in [-0.3, -0.25) is 4.79 Å². The van der Waals surface area contributed by atoms with Gasteiger partial charge in [0.05, 0.1) is 0 Å². The molecular formula is C13H17F3N2O. The Morgan fingerprint density at radius 1 is 1.32 bits per heavy atom. The number of hydrogen-bond donors (Lipinski definition) is 1. The summed E-state index contributed by atoms with van der Waals surface area (Å²) in [6.07, 6.45) is -4.77. The van der Waals surface area contributed by atoms with E-state index in [0.717, 1.165) is 16.0 Å². The zero-order chi connectivity index (χ0) is 14.8. The molecule has 0 aliphatic heterocycles. The standard InChI is InChI=1S/C13H17F3N2O/c1-9-6-4-5-7-10(9)8-18(3)11(19)12(2,17)13(14,15)16/h4-7H,8,17H2,1-3H3. The molecule has 106 valence electrons. The highest BCUT2D eigenvalue weighted by atomic mass is 19.4. The molecule has 1 rings (SSSR count). The van der Waals surface area contributed by atoms with Gasteiger partial charge in [-0.1, -0.05) is 24.3 Å². The molecule has 1 aromatic rings. The largest absolute Gasteiger partial charge is 0.415 e. The Kier molecular flexibility index (Phi) is 4.25. The normalized spacial score (nSPS) is 14.9. The number of likely N-dealkylation sites (N-methyl/N-ethyl adjacent to an activating group) is 1. The topological polar surface area (TPSA) is 46.3 Å². The van der Waals surface area contributed by atoms with Gasteiger partial charge < -0.3 is 10.6 Å². The van der Waals surface area contributed by atoms with E-state index in [1.54, 1.807) is 12.1 Å². The fourth-order valence-corrected chi connectivity index (χ4v) is 1.63. The van der Waals surface area contributed by atoms with Crippen LogP contribution in [0.5, 0.6) is 0 Å². The second-order valence-electron chi connectivity index (χ2n) is 4.79. The van der Waals surface area contributed by atoms with E-state index in [2.05, 4.69) is 0 Å². The third-order valence-corrected chi connectivity index (χ3v) is 3.05. The Balaban J connectivity index is 2.88. The summed E-state index contributed by atoms with van der Waals surface area (Å²) in [7, 11) is 1.31. The van der Waals surface area contributed by atoms with Gasteiger partial charge in [-0.05, 0) is 25.0 Å². The average molecular weight is 274 g/mol. The van der Waals surface area contributed by atoms with Crippen molar-refractivity contribution in [3.63, 3.8) is 0 Å². The van der Waals surface area contributed by atoms with Crippen LogP contribution in [0.4, 0.5) is 13.2 Å². The molecule has 1 atom stereocenters. The number of carbonyl (C=O) groups excluding carboxylic acids is 1. The van der Waals surface area contributed by atoms with E-state index in [0.29, 0.717) is 6.92 Å². The van der Waals surface area contributed by atoms with Crippen LogP contribution < -0.4 is 5.73 Å². The van der Waals surface area contributed by atoms with E-state index >= 15 is 0 Å². The summed E-state index contributed by atoms with van der Waals surface area (Å²) >= 11 is 0. The number of aryl methyl sites for hydroxylation is 1. The van der Waals surface area contributed by atoms with Crippen molar-refractivity contribution in [2.75, 3.05) is 7.05 Å². The molecule has 3 nitrogen and oxygen atoms in total. The van der Waals surface area contributed by atoms with Crippen molar-refractivity contribution in [1.82, 2.24) is 4.90 Å². The molecule has 0 radical (unpaired) electrons. The van der Waals surface area contributed by atoms with Gasteiger partial charge in [0, 0.05) is 13.6 Å². The molecule has 1 aromatic carbocycles. The van der Waals surface area contributed by atoms with Crippen molar-refractivity contribution in [3.8, 4) is 0 Å². The number of carbonyl (C=O) groups is 1. The van der Waals surface area contributed by atoms with Gasteiger partial charge in [0.25, 0.3) is 5.91 Å². The molecule has 0 fully saturated rings. The van der Waals surface area contributed by atoms with E-state index < -0.39 is 17.6 Å². The zero-order valence-electron chi connectivity index (χ0n) is 11.1. The molecule has 0 aliphatic rings. The molecule has 0 heterocycles. The van der Waals surface area contributed by atoms with Crippen LogP contribution in [0.25, 0.3) is 0 Å². The van der Waals surface area contributed by atoms with Crippen molar-refractivity contribution in [3.05, 3.63) is 35.4 Å². The molecule has 19 heavy (non-hydrogen) atoms. The average Bonchev–Trinajstić information content (AvgIpc) is 2.29. The van der Waals surface area contributed by atoms with Gasteiger partial charge in [-0.25, -0.2) is 0 Å². The smallest absolute Gasteiger partial charge is 0.340 e. The highest BCUT2D eigenvalue weighted by molar-refractivity contribution is 5.86. The molecule has 0 bridgehead atoms. The van der Waals surface area contributed by atoms with Gasteiger partial charge >= 0.3 is 6.18 Å². The summed E-state index contributed by atoms with van der Waals surface area (Å²) in [6, 6.07) is 7.19. The molecular weight excluding hydrogens is 257 g/mol. The van der Waals surface area contributed by atoms with Crippen molar-refractivity contribution in [2.45, 2.75) is 32.1 Å². The Bertz CT molecular complexity index is 469. The fourth-order valence-electron chi connectivity index (χ4n) is 1.63. The summed E-state index contributed by atoms with van der Waals surface area (Å²) in [4.78, 5) is 12.8. The molecule has 0 aromatic heterocycles. The molecule has 1 unspecified atom stereocenters. The van der Waals surface area contributed by atoms with Crippen molar-refractivity contribution >= 4 is 5.91 Å². The SMILES string of the molecule is Cc1ccccc1CN(C)C(=O)C(C)(N)C(F)(F)F.